The monoisotopic (exact) mass is 551 g/mol. The first-order valence-corrected chi connectivity index (χ1v) is 14.0. The number of hydrogen-bond acceptors (Lipinski definition) is 6. The van der Waals surface area contributed by atoms with Crippen LogP contribution in [0.5, 0.6) is 0 Å². The lowest BCUT2D eigenvalue weighted by atomic mass is 10.0. The Balaban J connectivity index is 1.27. The van der Waals surface area contributed by atoms with Crippen LogP contribution in [0.3, 0.4) is 0 Å². The highest BCUT2D eigenvalue weighted by molar-refractivity contribution is 7.15. The number of thiazole rings is 1. The van der Waals surface area contributed by atoms with E-state index in [2.05, 4.69) is 40.4 Å². The van der Waals surface area contributed by atoms with E-state index in [-0.39, 0.29) is 5.56 Å². The molecule has 196 valence electrons. The van der Waals surface area contributed by atoms with E-state index in [0.29, 0.717) is 21.1 Å². The minimum Gasteiger partial charge on any atom is -0.452 e. The molecular formula is C33H21N5O2S. The zero-order chi connectivity index (χ0) is 27.5. The van der Waals surface area contributed by atoms with Crippen LogP contribution >= 0.6 is 11.3 Å². The predicted octanol–water partition coefficient (Wildman–Crippen LogP) is 6.43. The van der Waals surface area contributed by atoms with Gasteiger partial charge in [0.2, 0.25) is 10.8 Å². The number of aromatic nitrogens is 5. The second-order valence-electron chi connectivity index (χ2n) is 9.87. The Morgan fingerprint density at radius 3 is 2.46 bits per heavy atom. The molecule has 0 spiro atoms. The van der Waals surface area contributed by atoms with Gasteiger partial charge < -0.3 is 4.42 Å². The summed E-state index contributed by atoms with van der Waals surface area (Å²) in [5.74, 6) is 0.983. The number of aryl methyl sites for hydroxylation is 1. The highest BCUT2D eigenvalue weighted by Crippen LogP contribution is 2.31. The average molecular weight is 552 g/mol. The summed E-state index contributed by atoms with van der Waals surface area (Å²) in [5, 5.41) is 12.8. The quantitative estimate of drug-likeness (QED) is 0.252. The average Bonchev–Trinajstić information content (AvgIpc) is 3.77. The van der Waals surface area contributed by atoms with Crippen LogP contribution in [-0.2, 0) is 0 Å². The van der Waals surface area contributed by atoms with E-state index in [4.69, 9.17) is 9.52 Å². The third-order valence-electron chi connectivity index (χ3n) is 7.30. The fraction of sp³-hybridized carbons (Fsp3) is 0.0303. The third kappa shape index (κ3) is 3.88. The third-order valence-corrected chi connectivity index (χ3v) is 8.26. The van der Waals surface area contributed by atoms with Gasteiger partial charge >= 0.3 is 0 Å². The van der Waals surface area contributed by atoms with Gasteiger partial charge in [0.25, 0.3) is 5.56 Å². The van der Waals surface area contributed by atoms with Gasteiger partial charge in [0.05, 0.1) is 10.2 Å². The lowest BCUT2D eigenvalue weighted by molar-refractivity contribution is 0.622. The number of rotatable bonds is 4. The van der Waals surface area contributed by atoms with Gasteiger partial charge in [-0.2, -0.15) is 14.6 Å². The highest BCUT2D eigenvalue weighted by Gasteiger charge is 2.19. The Bertz CT molecular complexity index is 2360. The van der Waals surface area contributed by atoms with Crippen LogP contribution < -0.4 is 10.1 Å². The largest absolute Gasteiger partial charge is 0.452 e. The number of hydrogen-bond donors (Lipinski definition) is 0. The predicted molar refractivity (Wildman–Crippen MR) is 162 cm³/mol. The van der Waals surface area contributed by atoms with Crippen LogP contribution in [0.25, 0.3) is 61.3 Å². The molecule has 0 fully saturated rings. The van der Waals surface area contributed by atoms with E-state index >= 15 is 0 Å². The van der Waals surface area contributed by atoms with E-state index in [1.54, 1.807) is 0 Å². The number of fused-ring (bicyclic) bond motifs is 3. The minimum atomic E-state index is -0.227. The number of benzene rings is 4. The molecule has 4 heterocycles. The van der Waals surface area contributed by atoms with Crippen molar-refractivity contribution < 1.29 is 4.42 Å². The first kappa shape index (κ1) is 23.5. The molecule has 8 rings (SSSR count). The molecule has 0 aliphatic rings. The van der Waals surface area contributed by atoms with Gasteiger partial charge in [-0.15, -0.1) is 5.10 Å². The molecule has 0 radical (unpaired) electrons. The highest BCUT2D eigenvalue weighted by atomic mass is 32.1. The molecule has 7 nitrogen and oxygen atoms in total. The molecule has 0 N–H and O–H groups in total. The zero-order valence-electron chi connectivity index (χ0n) is 21.9. The van der Waals surface area contributed by atoms with Gasteiger partial charge in [-0.1, -0.05) is 84.1 Å². The van der Waals surface area contributed by atoms with Crippen LogP contribution in [0.4, 0.5) is 0 Å². The van der Waals surface area contributed by atoms with Crippen molar-refractivity contribution in [2.75, 3.05) is 0 Å². The molecule has 0 aliphatic heterocycles. The lowest BCUT2D eigenvalue weighted by Crippen LogP contribution is -2.23. The molecule has 4 aromatic heterocycles. The van der Waals surface area contributed by atoms with Crippen molar-refractivity contribution in [3.05, 3.63) is 129 Å². The van der Waals surface area contributed by atoms with Crippen molar-refractivity contribution in [3.63, 3.8) is 0 Å². The van der Waals surface area contributed by atoms with Crippen molar-refractivity contribution in [3.8, 4) is 28.5 Å². The molecule has 0 aliphatic carbocycles. The maximum absolute atomic E-state index is 13.5. The van der Waals surface area contributed by atoms with Gasteiger partial charge in [-0.25, -0.2) is 4.68 Å². The Labute approximate surface area is 237 Å². The molecular weight excluding hydrogens is 530 g/mol. The van der Waals surface area contributed by atoms with Gasteiger partial charge in [-0.05, 0) is 48.0 Å². The first-order valence-electron chi connectivity index (χ1n) is 13.2. The second-order valence-corrected chi connectivity index (χ2v) is 10.9. The molecule has 0 amide bonds. The lowest BCUT2D eigenvalue weighted by Gasteiger charge is -2.03. The molecule has 0 unspecified atom stereocenters. The Kier molecular flexibility index (Phi) is 5.23. The van der Waals surface area contributed by atoms with E-state index in [0.717, 1.165) is 49.8 Å². The molecule has 0 saturated carbocycles. The summed E-state index contributed by atoms with van der Waals surface area (Å²) in [6, 6.07) is 32.3. The Morgan fingerprint density at radius 2 is 1.63 bits per heavy atom. The summed E-state index contributed by atoms with van der Waals surface area (Å²) < 4.78 is 9.77. The first-order chi connectivity index (χ1) is 20.1. The summed E-state index contributed by atoms with van der Waals surface area (Å²) in [6.07, 6.45) is 3.84. The number of nitrogens with zero attached hydrogens (tertiary/aromatic N) is 5. The Hall–Kier alpha value is -5.34. The standard InChI is InChI=1S/C33H21N5O2S/c1-20-26-13-7-8-14-27(26)40-30(20)31-34-33-38(36-31)32(39)28(41-33)18-24-19-37(25-11-3-2-4-12-25)35-29(24)23-16-15-21-9-5-6-10-22(21)17-23/h2-19H,1H3. The van der Waals surface area contributed by atoms with E-state index in [1.165, 1.54) is 15.9 Å². The van der Waals surface area contributed by atoms with Crippen molar-refractivity contribution in [2.24, 2.45) is 0 Å². The zero-order valence-corrected chi connectivity index (χ0v) is 22.7. The maximum Gasteiger partial charge on any atom is 0.291 e. The van der Waals surface area contributed by atoms with Crippen LogP contribution in [0.15, 0.2) is 112 Å². The summed E-state index contributed by atoms with van der Waals surface area (Å²) in [4.78, 5) is 18.7. The van der Waals surface area contributed by atoms with Crippen LogP contribution in [0.1, 0.15) is 11.1 Å². The number of furan rings is 1. The normalized spacial score (nSPS) is 12.3. The molecule has 41 heavy (non-hydrogen) atoms. The van der Waals surface area contributed by atoms with E-state index in [9.17, 15) is 4.79 Å². The SMILES string of the molecule is Cc1c(-c2nc3sc(=Cc4cn(-c5ccccc5)nc4-c4ccc5ccccc5c4)c(=O)n3n2)oc2ccccc12. The van der Waals surface area contributed by atoms with Gasteiger partial charge in [-0.3, -0.25) is 4.79 Å². The maximum atomic E-state index is 13.5. The summed E-state index contributed by atoms with van der Waals surface area (Å²) >= 11 is 1.30. The van der Waals surface area contributed by atoms with Crippen LogP contribution in [-0.4, -0.2) is 24.4 Å². The Morgan fingerprint density at radius 1 is 0.854 bits per heavy atom. The minimum absolute atomic E-state index is 0.227. The van der Waals surface area contributed by atoms with Crippen molar-refractivity contribution >= 4 is 44.1 Å². The van der Waals surface area contributed by atoms with Crippen molar-refractivity contribution in [1.82, 2.24) is 24.4 Å². The van der Waals surface area contributed by atoms with Crippen molar-refractivity contribution in [1.29, 1.82) is 0 Å². The van der Waals surface area contributed by atoms with Gasteiger partial charge in [0.15, 0.2) is 5.76 Å². The summed E-state index contributed by atoms with van der Waals surface area (Å²) in [7, 11) is 0. The van der Waals surface area contributed by atoms with E-state index in [1.807, 2.05) is 90.6 Å². The summed E-state index contributed by atoms with van der Waals surface area (Å²) in [6.45, 7) is 1.98. The molecule has 0 bridgehead atoms. The van der Waals surface area contributed by atoms with Crippen molar-refractivity contribution in [2.45, 2.75) is 6.92 Å². The smallest absolute Gasteiger partial charge is 0.291 e. The number of para-hydroxylation sites is 2. The fourth-order valence-corrected chi connectivity index (χ4v) is 6.12. The molecule has 4 aromatic carbocycles. The molecule has 8 aromatic rings. The van der Waals surface area contributed by atoms with Gasteiger partial charge in [0, 0.05) is 28.3 Å². The van der Waals surface area contributed by atoms with Gasteiger partial charge in [0.1, 0.15) is 11.3 Å². The molecule has 8 heteroatoms. The molecule has 0 atom stereocenters. The summed E-state index contributed by atoms with van der Waals surface area (Å²) in [5.41, 5.74) is 5.02. The second kappa shape index (κ2) is 9.11. The van der Waals surface area contributed by atoms with Crippen LogP contribution in [0.2, 0.25) is 0 Å². The fourth-order valence-electron chi connectivity index (χ4n) is 5.23. The van der Waals surface area contributed by atoms with E-state index < -0.39 is 0 Å². The molecule has 0 saturated heterocycles. The van der Waals surface area contributed by atoms with Crippen LogP contribution in [0, 0.1) is 6.92 Å². The topological polar surface area (TPSA) is 78.2 Å².